The standard InChI is InChI=1S/C16H22O2/c1-4-5-7-11-10-13-12(15(17)18)8-6-9-14(13)16(11,2)3/h6,8-9,11H,4-5,7,10H2,1-3H3,(H,17,18). The van der Waals surface area contributed by atoms with E-state index in [9.17, 15) is 9.90 Å². The number of hydrogen-bond donors (Lipinski definition) is 1. The molecular weight excluding hydrogens is 224 g/mol. The van der Waals surface area contributed by atoms with Crippen LogP contribution in [0.1, 0.15) is 61.5 Å². The predicted octanol–water partition coefficient (Wildman–Crippen LogP) is 4.02. The second-order valence-corrected chi connectivity index (χ2v) is 5.90. The van der Waals surface area contributed by atoms with Gasteiger partial charge in [-0.1, -0.05) is 45.7 Å². The van der Waals surface area contributed by atoms with Crippen molar-refractivity contribution in [3.8, 4) is 0 Å². The van der Waals surface area contributed by atoms with E-state index in [1.54, 1.807) is 6.07 Å². The Morgan fingerprint density at radius 1 is 1.44 bits per heavy atom. The van der Waals surface area contributed by atoms with Crippen LogP contribution in [0, 0.1) is 5.92 Å². The molecular formula is C16H22O2. The van der Waals surface area contributed by atoms with Crippen molar-refractivity contribution in [1.82, 2.24) is 0 Å². The molecule has 0 aromatic heterocycles. The minimum atomic E-state index is -0.793. The van der Waals surface area contributed by atoms with Gasteiger partial charge in [0, 0.05) is 0 Å². The smallest absolute Gasteiger partial charge is 0.335 e. The summed E-state index contributed by atoms with van der Waals surface area (Å²) < 4.78 is 0. The number of benzene rings is 1. The van der Waals surface area contributed by atoms with Gasteiger partial charge in [0.15, 0.2) is 0 Å². The molecule has 1 N–H and O–H groups in total. The SMILES string of the molecule is CCCCC1Cc2c(C(=O)O)cccc2C1(C)C. The Bertz CT molecular complexity index is 460. The fourth-order valence-electron chi connectivity index (χ4n) is 3.25. The van der Waals surface area contributed by atoms with E-state index in [-0.39, 0.29) is 5.41 Å². The molecule has 0 aliphatic heterocycles. The normalized spacial score (nSPS) is 20.7. The average molecular weight is 246 g/mol. The van der Waals surface area contributed by atoms with Crippen LogP contribution in [0.15, 0.2) is 18.2 Å². The number of unbranched alkanes of at least 4 members (excludes halogenated alkanes) is 1. The van der Waals surface area contributed by atoms with Crippen LogP contribution in [-0.4, -0.2) is 11.1 Å². The third-order valence-corrected chi connectivity index (χ3v) is 4.48. The Labute approximate surface area is 109 Å². The number of carboxylic acid groups (broad SMARTS) is 1. The summed E-state index contributed by atoms with van der Waals surface area (Å²) in [6, 6.07) is 5.72. The lowest BCUT2D eigenvalue weighted by Crippen LogP contribution is -2.23. The topological polar surface area (TPSA) is 37.3 Å². The van der Waals surface area contributed by atoms with Crippen molar-refractivity contribution in [2.75, 3.05) is 0 Å². The lowest BCUT2D eigenvalue weighted by atomic mass is 9.76. The lowest BCUT2D eigenvalue weighted by molar-refractivity contribution is 0.0695. The number of hydrogen-bond acceptors (Lipinski definition) is 1. The summed E-state index contributed by atoms with van der Waals surface area (Å²) in [6.45, 7) is 6.72. The number of rotatable bonds is 4. The van der Waals surface area contributed by atoms with E-state index >= 15 is 0 Å². The van der Waals surface area contributed by atoms with Crippen LogP contribution in [0.25, 0.3) is 0 Å². The third kappa shape index (κ3) is 2.05. The minimum Gasteiger partial charge on any atom is -0.478 e. The molecule has 1 aromatic rings. The zero-order valence-corrected chi connectivity index (χ0v) is 11.5. The van der Waals surface area contributed by atoms with Crippen LogP contribution >= 0.6 is 0 Å². The highest BCUT2D eigenvalue weighted by atomic mass is 16.4. The summed E-state index contributed by atoms with van der Waals surface area (Å²) >= 11 is 0. The molecule has 0 heterocycles. The monoisotopic (exact) mass is 246 g/mol. The summed E-state index contributed by atoms with van der Waals surface area (Å²) in [6.07, 6.45) is 4.54. The first kappa shape index (κ1) is 13.1. The van der Waals surface area contributed by atoms with Crippen LogP contribution in [0.2, 0.25) is 0 Å². The maximum Gasteiger partial charge on any atom is 0.335 e. The van der Waals surface area contributed by atoms with Crippen molar-refractivity contribution in [2.24, 2.45) is 5.92 Å². The lowest BCUT2D eigenvalue weighted by Gasteiger charge is -2.28. The largest absolute Gasteiger partial charge is 0.478 e. The minimum absolute atomic E-state index is 0.107. The molecule has 0 fully saturated rings. The Kier molecular flexibility index (Phi) is 3.47. The highest BCUT2D eigenvalue weighted by Crippen LogP contribution is 2.46. The van der Waals surface area contributed by atoms with E-state index in [0.29, 0.717) is 11.5 Å². The fourth-order valence-corrected chi connectivity index (χ4v) is 3.25. The van der Waals surface area contributed by atoms with Gasteiger partial charge in [-0.05, 0) is 41.4 Å². The predicted molar refractivity (Wildman–Crippen MR) is 73.1 cm³/mol. The first-order valence-corrected chi connectivity index (χ1v) is 6.84. The molecule has 18 heavy (non-hydrogen) atoms. The molecule has 98 valence electrons. The van der Waals surface area contributed by atoms with Crippen LogP contribution in [-0.2, 0) is 11.8 Å². The Balaban J connectivity index is 2.38. The van der Waals surface area contributed by atoms with Gasteiger partial charge < -0.3 is 5.11 Å². The molecule has 0 saturated heterocycles. The molecule has 1 aromatic carbocycles. The molecule has 0 amide bonds. The zero-order chi connectivity index (χ0) is 13.3. The highest BCUT2D eigenvalue weighted by Gasteiger charge is 2.40. The maximum atomic E-state index is 11.3. The number of carboxylic acids is 1. The zero-order valence-electron chi connectivity index (χ0n) is 11.5. The molecule has 0 bridgehead atoms. The Morgan fingerprint density at radius 2 is 2.17 bits per heavy atom. The summed E-state index contributed by atoms with van der Waals surface area (Å²) in [5, 5.41) is 9.28. The van der Waals surface area contributed by atoms with Gasteiger partial charge in [0.25, 0.3) is 0 Å². The van der Waals surface area contributed by atoms with Crippen molar-refractivity contribution in [1.29, 1.82) is 0 Å². The van der Waals surface area contributed by atoms with Gasteiger partial charge in [-0.3, -0.25) is 0 Å². The summed E-state index contributed by atoms with van der Waals surface area (Å²) in [7, 11) is 0. The molecule has 1 aliphatic carbocycles. The van der Waals surface area contributed by atoms with Gasteiger partial charge in [0.2, 0.25) is 0 Å². The van der Waals surface area contributed by atoms with Crippen molar-refractivity contribution in [3.05, 3.63) is 34.9 Å². The number of carbonyl (C=O) groups is 1. The molecule has 0 radical (unpaired) electrons. The molecule has 1 unspecified atom stereocenters. The molecule has 1 atom stereocenters. The summed E-state index contributed by atoms with van der Waals surface area (Å²) in [4.78, 5) is 11.3. The molecule has 2 heteroatoms. The van der Waals surface area contributed by atoms with Gasteiger partial charge in [-0.2, -0.15) is 0 Å². The Hall–Kier alpha value is -1.31. The first-order chi connectivity index (χ1) is 8.48. The van der Waals surface area contributed by atoms with Crippen molar-refractivity contribution in [3.63, 3.8) is 0 Å². The van der Waals surface area contributed by atoms with Gasteiger partial charge >= 0.3 is 5.97 Å². The summed E-state index contributed by atoms with van der Waals surface area (Å²) in [5.41, 5.74) is 2.91. The molecule has 2 nitrogen and oxygen atoms in total. The number of aromatic carboxylic acids is 1. The van der Waals surface area contributed by atoms with Crippen LogP contribution < -0.4 is 0 Å². The maximum absolute atomic E-state index is 11.3. The number of fused-ring (bicyclic) bond motifs is 1. The van der Waals surface area contributed by atoms with Crippen molar-refractivity contribution in [2.45, 2.75) is 51.9 Å². The summed E-state index contributed by atoms with van der Waals surface area (Å²) in [5.74, 6) is -0.216. The first-order valence-electron chi connectivity index (χ1n) is 6.84. The molecule has 1 aliphatic rings. The van der Waals surface area contributed by atoms with Crippen molar-refractivity contribution >= 4 is 5.97 Å². The van der Waals surface area contributed by atoms with E-state index in [0.717, 1.165) is 12.0 Å². The van der Waals surface area contributed by atoms with Gasteiger partial charge in [-0.25, -0.2) is 4.79 Å². The fraction of sp³-hybridized carbons (Fsp3) is 0.562. The van der Waals surface area contributed by atoms with E-state index < -0.39 is 5.97 Å². The second kappa shape index (κ2) is 4.75. The van der Waals surface area contributed by atoms with Crippen molar-refractivity contribution < 1.29 is 9.90 Å². The highest BCUT2D eigenvalue weighted by molar-refractivity contribution is 5.90. The second-order valence-electron chi connectivity index (χ2n) is 5.90. The quantitative estimate of drug-likeness (QED) is 0.871. The molecule has 0 saturated carbocycles. The van der Waals surface area contributed by atoms with Gasteiger partial charge in [0.05, 0.1) is 5.56 Å². The molecule has 0 spiro atoms. The van der Waals surface area contributed by atoms with Crippen LogP contribution in [0.4, 0.5) is 0 Å². The Morgan fingerprint density at radius 3 is 2.78 bits per heavy atom. The van der Waals surface area contributed by atoms with E-state index in [2.05, 4.69) is 26.8 Å². The van der Waals surface area contributed by atoms with Crippen LogP contribution in [0.5, 0.6) is 0 Å². The van der Waals surface area contributed by atoms with Gasteiger partial charge in [0.1, 0.15) is 0 Å². The van der Waals surface area contributed by atoms with E-state index in [4.69, 9.17) is 0 Å². The third-order valence-electron chi connectivity index (χ3n) is 4.48. The van der Waals surface area contributed by atoms with Gasteiger partial charge in [-0.15, -0.1) is 0 Å². The average Bonchev–Trinajstić information content (AvgIpc) is 2.58. The van der Waals surface area contributed by atoms with Crippen LogP contribution in [0.3, 0.4) is 0 Å². The molecule has 2 rings (SSSR count). The van der Waals surface area contributed by atoms with E-state index in [1.165, 1.54) is 24.8 Å². The van der Waals surface area contributed by atoms with E-state index in [1.807, 2.05) is 6.07 Å².